The van der Waals surface area contributed by atoms with Crippen molar-refractivity contribution in [2.24, 2.45) is 0 Å². The van der Waals surface area contributed by atoms with Crippen LogP contribution in [0.4, 0.5) is 0 Å². The van der Waals surface area contributed by atoms with E-state index in [1.165, 1.54) is 11.3 Å². The maximum Gasteiger partial charge on any atom is 0.261 e. The first-order chi connectivity index (χ1) is 10.0. The Kier molecular flexibility index (Phi) is 4.99. The second-order valence-electron chi connectivity index (χ2n) is 5.07. The molecule has 0 saturated carbocycles. The summed E-state index contributed by atoms with van der Waals surface area (Å²) in [6, 6.07) is 1.80. The highest BCUT2D eigenvalue weighted by Gasteiger charge is 2.24. The maximum absolute atomic E-state index is 12.2. The fraction of sp³-hybridized carbons (Fsp3) is 0.467. The van der Waals surface area contributed by atoms with Crippen molar-refractivity contribution in [3.63, 3.8) is 0 Å². The van der Waals surface area contributed by atoms with E-state index in [0.717, 1.165) is 10.4 Å². The molecule has 1 aromatic rings. The number of likely N-dealkylation sites (tertiary alicyclic amines) is 1. The predicted molar refractivity (Wildman–Crippen MR) is 81.1 cm³/mol. The number of hydrogen-bond donors (Lipinski definition) is 2. The Morgan fingerprint density at radius 3 is 3.05 bits per heavy atom. The van der Waals surface area contributed by atoms with Crippen LogP contribution in [0, 0.1) is 18.8 Å². The van der Waals surface area contributed by atoms with Gasteiger partial charge in [-0.3, -0.25) is 9.59 Å². The van der Waals surface area contributed by atoms with Gasteiger partial charge in [-0.05, 0) is 25.0 Å². The second-order valence-corrected chi connectivity index (χ2v) is 6.12. The van der Waals surface area contributed by atoms with Crippen molar-refractivity contribution >= 4 is 23.2 Å². The van der Waals surface area contributed by atoms with Gasteiger partial charge in [0.15, 0.2) is 0 Å². The number of carbonyl (C=O) groups is 2. The van der Waals surface area contributed by atoms with Gasteiger partial charge in [0, 0.05) is 26.1 Å². The molecule has 2 amide bonds. The molecular formula is C15H18N2O3S. The summed E-state index contributed by atoms with van der Waals surface area (Å²) in [4.78, 5) is 26.7. The van der Waals surface area contributed by atoms with Gasteiger partial charge in [0.2, 0.25) is 5.91 Å². The van der Waals surface area contributed by atoms with Gasteiger partial charge < -0.3 is 15.3 Å². The normalized spacial score (nSPS) is 18.1. The summed E-state index contributed by atoms with van der Waals surface area (Å²) in [5, 5.41) is 11.7. The van der Waals surface area contributed by atoms with Crippen LogP contribution in [0.2, 0.25) is 0 Å². The molecule has 2 N–H and O–H groups in total. The summed E-state index contributed by atoms with van der Waals surface area (Å²) in [5.74, 6) is 5.42. The molecule has 0 radical (unpaired) electrons. The van der Waals surface area contributed by atoms with Crippen molar-refractivity contribution < 1.29 is 14.7 Å². The Labute approximate surface area is 128 Å². The monoisotopic (exact) mass is 306 g/mol. The summed E-state index contributed by atoms with van der Waals surface area (Å²) in [5.41, 5.74) is 0.932. The lowest BCUT2D eigenvalue weighted by molar-refractivity contribution is -0.132. The van der Waals surface area contributed by atoms with Gasteiger partial charge in [-0.15, -0.1) is 11.3 Å². The van der Waals surface area contributed by atoms with Crippen LogP contribution in [0.1, 0.15) is 33.0 Å². The number of rotatable bonds is 2. The molecule has 1 unspecified atom stereocenters. The van der Waals surface area contributed by atoms with Crippen molar-refractivity contribution in [3.05, 3.63) is 21.4 Å². The smallest absolute Gasteiger partial charge is 0.261 e. The van der Waals surface area contributed by atoms with E-state index in [9.17, 15) is 9.59 Å². The van der Waals surface area contributed by atoms with Gasteiger partial charge in [0.25, 0.3) is 5.91 Å². The number of aliphatic hydroxyl groups is 1. The minimum atomic E-state index is -0.193. The number of nitrogens with one attached hydrogen (secondary N) is 1. The third-order valence-corrected chi connectivity index (χ3v) is 4.54. The largest absolute Gasteiger partial charge is 0.384 e. The van der Waals surface area contributed by atoms with E-state index in [1.54, 1.807) is 18.0 Å². The first kappa shape index (κ1) is 15.5. The molecule has 1 saturated heterocycles. The molecule has 21 heavy (non-hydrogen) atoms. The lowest BCUT2D eigenvalue weighted by atomic mass is 10.1. The summed E-state index contributed by atoms with van der Waals surface area (Å²) in [6.45, 7) is 2.25. The van der Waals surface area contributed by atoms with Gasteiger partial charge in [-0.25, -0.2) is 0 Å². The van der Waals surface area contributed by atoms with Crippen molar-refractivity contribution in [3.8, 4) is 11.8 Å². The molecule has 0 aliphatic carbocycles. The highest BCUT2D eigenvalue weighted by molar-refractivity contribution is 7.14. The number of aliphatic hydroxyl groups excluding tert-OH is 1. The highest BCUT2D eigenvalue weighted by atomic mass is 32.1. The Morgan fingerprint density at radius 2 is 2.38 bits per heavy atom. The summed E-state index contributed by atoms with van der Waals surface area (Å²) < 4.78 is 0. The van der Waals surface area contributed by atoms with Gasteiger partial charge in [-0.1, -0.05) is 11.8 Å². The fourth-order valence-electron chi connectivity index (χ4n) is 2.22. The number of likely N-dealkylation sites (N-methyl/N-ethyl adjacent to an activating group) is 1. The number of hydrogen-bond acceptors (Lipinski definition) is 4. The van der Waals surface area contributed by atoms with E-state index in [0.29, 0.717) is 24.3 Å². The molecule has 2 rings (SSSR count). The standard InChI is InChI=1S/C15H18N2O3S/c1-10-8-13(21-12(10)4-3-7-18)15(20)16-11-5-6-14(19)17(2)9-11/h8,11,18H,5-7,9H2,1-2H3,(H,16,20). The first-order valence-electron chi connectivity index (χ1n) is 6.76. The van der Waals surface area contributed by atoms with Crippen LogP contribution >= 0.6 is 11.3 Å². The van der Waals surface area contributed by atoms with Crippen LogP contribution in [-0.4, -0.2) is 48.1 Å². The van der Waals surface area contributed by atoms with E-state index < -0.39 is 0 Å². The number of nitrogens with zero attached hydrogens (tertiary/aromatic N) is 1. The SMILES string of the molecule is Cc1cc(C(=O)NC2CCC(=O)N(C)C2)sc1C#CCO. The fourth-order valence-corrected chi connectivity index (χ4v) is 3.17. The molecule has 0 bridgehead atoms. The Balaban J connectivity index is 2.02. The van der Waals surface area contributed by atoms with Crippen LogP contribution in [0.25, 0.3) is 0 Å². The lowest BCUT2D eigenvalue weighted by Crippen LogP contribution is -2.48. The van der Waals surface area contributed by atoms with Crippen LogP contribution in [0.15, 0.2) is 6.07 Å². The Bertz CT molecular complexity index is 612. The maximum atomic E-state index is 12.2. The van der Waals surface area contributed by atoms with Crippen LogP contribution in [-0.2, 0) is 4.79 Å². The van der Waals surface area contributed by atoms with Crippen molar-refractivity contribution in [2.45, 2.75) is 25.8 Å². The molecule has 0 spiro atoms. The molecule has 112 valence electrons. The zero-order valence-electron chi connectivity index (χ0n) is 12.1. The van der Waals surface area contributed by atoms with Crippen molar-refractivity contribution in [1.29, 1.82) is 0 Å². The van der Waals surface area contributed by atoms with Crippen LogP contribution in [0.3, 0.4) is 0 Å². The van der Waals surface area contributed by atoms with E-state index in [-0.39, 0.29) is 24.5 Å². The molecule has 1 aliphatic rings. The molecule has 1 aromatic heterocycles. The summed E-state index contributed by atoms with van der Waals surface area (Å²) in [6.07, 6.45) is 1.15. The number of piperidine rings is 1. The zero-order chi connectivity index (χ0) is 15.4. The number of amides is 2. The van der Waals surface area contributed by atoms with Gasteiger partial charge >= 0.3 is 0 Å². The summed E-state index contributed by atoms with van der Waals surface area (Å²) >= 11 is 1.32. The molecule has 1 atom stereocenters. The zero-order valence-corrected chi connectivity index (χ0v) is 12.9. The van der Waals surface area contributed by atoms with Gasteiger partial charge in [0.05, 0.1) is 9.75 Å². The highest BCUT2D eigenvalue weighted by Crippen LogP contribution is 2.21. The van der Waals surface area contributed by atoms with Crippen molar-refractivity contribution in [2.75, 3.05) is 20.2 Å². The minimum Gasteiger partial charge on any atom is -0.384 e. The van der Waals surface area contributed by atoms with Crippen molar-refractivity contribution in [1.82, 2.24) is 10.2 Å². The average molecular weight is 306 g/mol. The van der Waals surface area contributed by atoms with E-state index in [1.807, 2.05) is 6.92 Å². The number of thiophene rings is 1. The molecule has 0 aromatic carbocycles. The van der Waals surface area contributed by atoms with Crippen LogP contribution < -0.4 is 5.32 Å². The van der Waals surface area contributed by atoms with E-state index in [4.69, 9.17) is 5.11 Å². The molecule has 2 heterocycles. The molecule has 1 aliphatic heterocycles. The minimum absolute atomic E-state index is 0.00502. The lowest BCUT2D eigenvalue weighted by Gasteiger charge is -2.29. The molecule has 1 fully saturated rings. The molecule has 6 heteroatoms. The second kappa shape index (κ2) is 6.74. The summed E-state index contributed by atoms with van der Waals surface area (Å²) in [7, 11) is 1.75. The number of aryl methyl sites for hydroxylation is 1. The Morgan fingerprint density at radius 1 is 1.62 bits per heavy atom. The average Bonchev–Trinajstić information content (AvgIpc) is 2.82. The third-order valence-electron chi connectivity index (χ3n) is 3.38. The van der Waals surface area contributed by atoms with E-state index >= 15 is 0 Å². The molecule has 5 nitrogen and oxygen atoms in total. The van der Waals surface area contributed by atoms with Gasteiger partial charge in [0.1, 0.15) is 6.61 Å². The topological polar surface area (TPSA) is 69.6 Å². The van der Waals surface area contributed by atoms with Crippen LogP contribution in [0.5, 0.6) is 0 Å². The first-order valence-corrected chi connectivity index (χ1v) is 7.58. The predicted octanol–water partition coefficient (Wildman–Crippen LogP) is 0.751. The third kappa shape index (κ3) is 3.84. The number of carbonyl (C=O) groups excluding carboxylic acids is 2. The van der Waals surface area contributed by atoms with E-state index in [2.05, 4.69) is 17.2 Å². The Hall–Kier alpha value is -1.84. The van der Waals surface area contributed by atoms with Gasteiger partial charge in [-0.2, -0.15) is 0 Å². The molecular weight excluding hydrogens is 288 g/mol. The quantitative estimate of drug-likeness (QED) is 0.792.